The maximum Gasteiger partial charge on any atom is 0.0916 e. The van der Waals surface area contributed by atoms with Crippen LogP contribution in [0.5, 0.6) is 0 Å². The third-order valence-corrected chi connectivity index (χ3v) is 3.41. The van der Waals surface area contributed by atoms with Crippen molar-refractivity contribution in [2.24, 2.45) is 0 Å². The molecule has 0 saturated carbocycles. The lowest BCUT2D eigenvalue weighted by atomic mass is 10.1. The first-order valence-electron chi connectivity index (χ1n) is 5.41. The number of benzene rings is 1. The molecule has 1 N–H and O–H groups in total. The summed E-state index contributed by atoms with van der Waals surface area (Å²) in [7, 11) is 0. The highest BCUT2D eigenvalue weighted by Crippen LogP contribution is 2.19. The molecular weight excluding hydrogens is 254 g/mol. The van der Waals surface area contributed by atoms with Gasteiger partial charge in [-0.1, -0.05) is 28.1 Å². The summed E-state index contributed by atoms with van der Waals surface area (Å²) in [4.78, 5) is 2.33. The Morgan fingerprint density at radius 2 is 1.80 bits per heavy atom. The lowest BCUT2D eigenvalue weighted by molar-refractivity contribution is 0.126. The van der Waals surface area contributed by atoms with Gasteiger partial charge >= 0.3 is 0 Å². The molecule has 0 aliphatic carbocycles. The summed E-state index contributed by atoms with van der Waals surface area (Å²) in [6.07, 6.45) is 2.19. The number of β-amino-alcohol motifs (C(OH)–C–C–N with tert-alkyl or cyclic N) is 1. The normalized spacial score (nSPS) is 19.3. The number of nitrogens with zero attached hydrogens (tertiary/aromatic N) is 1. The lowest BCUT2D eigenvalue weighted by Gasteiger charge is -2.19. The van der Waals surface area contributed by atoms with Gasteiger partial charge in [0.1, 0.15) is 0 Å². The fraction of sp³-hybridized carbons (Fsp3) is 0.500. The second kappa shape index (κ2) is 5.10. The van der Waals surface area contributed by atoms with Crippen LogP contribution in [0.3, 0.4) is 0 Å². The molecule has 1 aromatic carbocycles. The molecular formula is C12H16BrNO. The Hall–Kier alpha value is -0.380. The summed E-state index contributed by atoms with van der Waals surface area (Å²) >= 11 is 3.39. The predicted octanol–water partition coefficient (Wildman–Crippen LogP) is 2.58. The number of rotatable bonds is 3. The summed E-state index contributed by atoms with van der Waals surface area (Å²) in [5.74, 6) is 0. The molecule has 0 bridgehead atoms. The van der Waals surface area contributed by atoms with Crippen molar-refractivity contribution in [1.29, 1.82) is 0 Å². The Kier molecular flexibility index (Phi) is 3.78. The minimum Gasteiger partial charge on any atom is -0.387 e. The van der Waals surface area contributed by atoms with Crippen LogP contribution in [0, 0.1) is 0 Å². The fourth-order valence-electron chi connectivity index (χ4n) is 2.00. The molecule has 0 aromatic heterocycles. The number of aliphatic hydroxyl groups excluding tert-OH is 1. The van der Waals surface area contributed by atoms with E-state index in [9.17, 15) is 5.11 Å². The first kappa shape index (κ1) is 11.1. The van der Waals surface area contributed by atoms with Crippen molar-refractivity contribution < 1.29 is 5.11 Å². The summed E-state index contributed by atoms with van der Waals surface area (Å²) in [5.41, 5.74) is 1.00. The van der Waals surface area contributed by atoms with Gasteiger partial charge in [-0.05, 0) is 43.6 Å². The number of hydrogen-bond donors (Lipinski definition) is 1. The third-order valence-electron chi connectivity index (χ3n) is 2.88. The van der Waals surface area contributed by atoms with E-state index < -0.39 is 0 Å². The Labute approximate surface area is 99.0 Å². The van der Waals surface area contributed by atoms with E-state index in [4.69, 9.17) is 0 Å². The molecule has 0 amide bonds. The molecule has 2 nitrogen and oxygen atoms in total. The molecule has 1 fully saturated rings. The van der Waals surface area contributed by atoms with Gasteiger partial charge in [0.2, 0.25) is 0 Å². The number of halogens is 1. The highest BCUT2D eigenvalue weighted by atomic mass is 79.9. The Morgan fingerprint density at radius 3 is 2.40 bits per heavy atom. The largest absolute Gasteiger partial charge is 0.387 e. The Bertz CT molecular complexity index is 306. The van der Waals surface area contributed by atoms with Crippen LogP contribution in [-0.4, -0.2) is 29.6 Å². The molecule has 2 rings (SSSR count). The predicted molar refractivity (Wildman–Crippen MR) is 64.8 cm³/mol. The Balaban J connectivity index is 1.94. The first-order chi connectivity index (χ1) is 7.25. The summed E-state index contributed by atoms with van der Waals surface area (Å²) in [6, 6.07) is 7.90. The smallest absolute Gasteiger partial charge is 0.0916 e. The van der Waals surface area contributed by atoms with E-state index in [1.807, 2.05) is 24.3 Å². The molecule has 82 valence electrons. The van der Waals surface area contributed by atoms with Gasteiger partial charge in [0.05, 0.1) is 6.10 Å². The molecule has 1 heterocycles. The first-order valence-corrected chi connectivity index (χ1v) is 6.21. The van der Waals surface area contributed by atoms with Crippen LogP contribution >= 0.6 is 15.9 Å². The summed E-state index contributed by atoms with van der Waals surface area (Å²) in [5, 5.41) is 10.0. The molecule has 1 aromatic rings. The zero-order valence-electron chi connectivity index (χ0n) is 8.69. The summed E-state index contributed by atoms with van der Waals surface area (Å²) < 4.78 is 1.06. The summed E-state index contributed by atoms with van der Waals surface area (Å²) in [6.45, 7) is 3.03. The van der Waals surface area contributed by atoms with Crippen molar-refractivity contribution in [1.82, 2.24) is 4.90 Å². The molecule has 1 atom stereocenters. The van der Waals surface area contributed by atoms with Gasteiger partial charge in [0, 0.05) is 11.0 Å². The van der Waals surface area contributed by atoms with Crippen molar-refractivity contribution in [2.45, 2.75) is 18.9 Å². The zero-order chi connectivity index (χ0) is 10.7. The van der Waals surface area contributed by atoms with Gasteiger partial charge < -0.3 is 10.0 Å². The van der Waals surface area contributed by atoms with Crippen LogP contribution in [0.2, 0.25) is 0 Å². The maximum atomic E-state index is 10.0. The van der Waals surface area contributed by atoms with Crippen molar-refractivity contribution in [3.05, 3.63) is 34.3 Å². The lowest BCUT2D eigenvalue weighted by Crippen LogP contribution is -2.25. The van der Waals surface area contributed by atoms with Crippen LogP contribution in [0.4, 0.5) is 0 Å². The second-order valence-electron chi connectivity index (χ2n) is 4.08. The SMILES string of the molecule is O[C@@H](CN1CCCC1)c1ccc(Br)cc1. The quantitative estimate of drug-likeness (QED) is 0.912. The molecule has 0 unspecified atom stereocenters. The molecule has 1 aliphatic heterocycles. The molecule has 1 saturated heterocycles. The minimum atomic E-state index is -0.351. The van der Waals surface area contributed by atoms with E-state index in [0.717, 1.165) is 29.7 Å². The average Bonchev–Trinajstić information content (AvgIpc) is 2.71. The topological polar surface area (TPSA) is 23.5 Å². The van der Waals surface area contributed by atoms with Crippen molar-refractivity contribution in [3.63, 3.8) is 0 Å². The van der Waals surface area contributed by atoms with Gasteiger partial charge in [-0.3, -0.25) is 0 Å². The maximum absolute atomic E-state index is 10.0. The van der Waals surface area contributed by atoms with Crippen molar-refractivity contribution in [2.75, 3.05) is 19.6 Å². The van der Waals surface area contributed by atoms with Crippen LogP contribution < -0.4 is 0 Å². The number of hydrogen-bond acceptors (Lipinski definition) is 2. The molecule has 0 radical (unpaired) electrons. The van der Waals surface area contributed by atoms with E-state index in [0.29, 0.717) is 0 Å². The monoisotopic (exact) mass is 269 g/mol. The number of aliphatic hydroxyl groups is 1. The van der Waals surface area contributed by atoms with Gasteiger partial charge in [0.25, 0.3) is 0 Å². The molecule has 1 aliphatic rings. The molecule has 15 heavy (non-hydrogen) atoms. The Morgan fingerprint density at radius 1 is 1.20 bits per heavy atom. The van der Waals surface area contributed by atoms with E-state index in [2.05, 4.69) is 20.8 Å². The van der Waals surface area contributed by atoms with Gasteiger partial charge in [0.15, 0.2) is 0 Å². The van der Waals surface area contributed by atoms with Crippen molar-refractivity contribution >= 4 is 15.9 Å². The standard InChI is InChI=1S/C12H16BrNO/c13-11-5-3-10(4-6-11)12(15)9-14-7-1-2-8-14/h3-6,12,15H,1-2,7-9H2/t12-/m0/s1. The number of likely N-dealkylation sites (tertiary alicyclic amines) is 1. The highest BCUT2D eigenvalue weighted by Gasteiger charge is 2.16. The van der Waals surface area contributed by atoms with Crippen LogP contribution in [0.25, 0.3) is 0 Å². The van der Waals surface area contributed by atoms with Gasteiger partial charge in [-0.15, -0.1) is 0 Å². The van der Waals surface area contributed by atoms with E-state index in [-0.39, 0.29) is 6.10 Å². The molecule has 0 spiro atoms. The second-order valence-corrected chi connectivity index (χ2v) is 4.99. The van der Waals surface area contributed by atoms with E-state index in [1.165, 1.54) is 12.8 Å². The van der Waals surface area contributed by atoms with E-state index >= 15 is 0 Å². The third kappa shape index (κ3) is 3.03. The minimum absolute atomic E-state index is 0.351. The van der Waals surface area contributed by atoms with Crippen LogP contribution in [0.15, 0.2) is 28.7 Å². The van der Waals surface area contributed by atoms with Crippen molar-refractivity contribution in [3.8, 4) is 0 Å². The fourth-order valence-corrected chi connectivity index (χ4v) is 2.26. The average molecular weight is 270 g/mol. The molecule has 3 heteroatoms. The van der Waals surface area contributed by atoms with Crippen LogP contribution in [0.1, 0.15) is 24.5 Å². The highest BCUT2D eigenvalue weighted by molar-refractivity contribution is 9.10. The van der Waals surface area contributed by atoms with Crippen LogP contribution in [-0.2, 0) is 0 Å². The zero-order valence-corrected chi connectivity index (χ0v) is 10.3. The van der Waals surface area contributed by atoms with Gasteiger partial charge in [-0.2, -0.15) is 0 Å². The van der Waals surface area contributed by atoms with E-state index in [1.54, 1.807) is 0 Å². The van der Waals surface area contributed by atoms with Gasteiger partial charge in [-0.25, -0.2) is 0 Å².